The van der Waals surface area contributed by atoms with E-state index in [-0.39, 0.29) is 5.60 Å². The molecule has 0 spiro atoms. The second kappa shape index (κ2) is 5.27. The molecule has 4 heteroatoms. The van der Waals surface area contributed by atoms with Gasteiger partial charge in [0, 0.05) is 29.2 Å². The van der Waals surface area contributed by atoms with Crippen molar-refractivity contribution in [3.05, 3.63) is 28.5 Å². The van der Waals surface area contributed by atoms with Gasteiger partial charge in [-0.15, -0.1) is 0 Å². The van der Waals surface area contributed by atoms with Crippen LogP contribution < -0.4 is 0 Å². The second-order valence-corrected chi connectivity index (χ2v) is 6.36. The van der Waals surface area contributed by atoms with Crippen LogP contribution in [-0.4, -0.2) is 27.9 Å². The van der Waals surface area contributed by atoms with E-state index in [0.29, 0.717) is 25.9 Å². The molecular formula is C14H20BrNO2. The molecule has 1 N–H and O–H groups in total. The number of ether oxygens (including phenoxy) is 1. The molecule has 2 rings (SSSR count). The van der Waals surface area contributed by atoms with Gasteiger partial charge >= 0.3 is 0 Å². The lowest BCUT2D eigenvalue weighted by Gasteiger charge is -2.43. The first-order chi connectivity index (χ1) is 8.45. The average Bonchev–Trinajstić information content (AvgIpc) is 2.32. The van der Waals surface area contributed by atoms with Crippen molar-refractivity contribution in [1.29, 1.82) is 0 Å². The lowest BCUT2D eigenvalue weighted by atomic mass is 9.79. The molecule has 0 aliphatic carbocycles. The van der Waals surface area contributed by atoms with Gasteiger partial charge in [-0.2, -0.15) is 0 Å². The molecule has 1 aromatic rings. The Morgan fingerprint density at radius 2 is 2.28 bits per heavy atom. The first kappa shape index (κ1) is 14.0. The van der Waals surface area contributed by atoms with Crippen molar-refractivity contribution in [2.45, 2.75) is 50.7 Å². The van der Waals surface area contributed by atoms with Crippen molar-refractivity contribution >= 4 is 15.9 Å². The highest BCUT2D eigenvalue weighted by Gasteiger charge is 2.41. The SMILES string of the molecule is CCC1(C)CC(O)(Cc2ccc(Br)cn2)CCO1. The van der Waals surface area contributed by atoms with Crippen LogP contribution in [0.5, 0.6) is 0 Å². The van der Waals surface area contributed by atoms with E-state index < -0.39 is 5.60 Å². The van der Waals surface area contributed by atoms with Crippen LogP contribution in [0.2, 0.25) is 0 Å². The van der Waals surface area contributed by atoms with Gasteiger partial charge in [0.25, 0.3) is 0 Å². The summed E-state index contributed by atoms with van der Waals surface area (Å²) in [5, 5.41) is 10.7. The van der Waals surface area contributed by atoms with Gasteiger partial charge in [-0.3, -0.25) is 4.98 Å². The molecule has 2 heterocycles. The van der Waals surface area contributed by atoms with Gasteiger partial charge in [0.2, 0.25) is 0 Å². The lowest BCUT2D eigenvalue weighted by molar-refractivity contribution is -0.153. The van der Waals surface area contributed by atoms with Crippen LogP contribution in [0, 0.1) is 0 Å². The minimum atomic E-state index is -0.691. The van der Waals surface area contributed by atoms with Gasteiger partial charge in [0.1, 0.15) is 0 Å². The summed E-state index contributed by atoms with van der Waals surface area (Å²) >= 11 is 3.37. The summed E-state index contributed by atoms with van der Waals surface area (Å²) in [5.41, 5.74) is 0.0349. The summed E-state index contributed by atoms with van der Waals surface area (Å²) in [6, 6.07) is 3.92. The molecule has 0 saturated carbocycles. The third-order valence-corrected chi connectivity index (χ3v) is 4.24. The maximum absolute atomic E-state index is 10.7. The fraction of sp³-hybridized carbons (Fsp3) is 0.643. The predicted octanol–water partition coefficient (Wildman–Crippen LogP) is 3.10. The van der Waals surface area contributed by atoms with E-state index in [1.807, 2.05) is 12.1 Å². The van der Waals surface area contributed by atoms with E-state index in [1.54, 1.807) is 6.20 Å². The third kappa shape index (κ3) is 3.31. The number of halogens is 1. The van der Waals surface area contributed by atoms with Gasteiger partial charge in [-0.05, 0) is 47.8 Å². The van der Waals surface area contributed by atoms with E-state index in [1.165, 1.54) is 0 Å². The monoisotopic (exact) mass is 313 g/mol. The van der Waals surface area contributed by atoms with E-state index in [4.69, 9.17) is 4.74 Å². The summed E-state index contributed by atoms with van der Waals surface area (Å²) in [5.74, 6) is 0. The Morgan fingerprint density at radius 3 is 2.89 bits per heavy atom. The average molecular weight is 314 g/mol. The molecule has 0 aromatic carbocycles. The molecule has 0 amide bonds. The third-order valence-electron chi connectivity index (χ3n) is 3.77. The van der Waals surface area contributed by atoms with Crippen molar-refractivity contribution in [3.8, 4) is 0 Å². The summed E-state index contributed by atoms with van der Waals surface area (Å²) in [6.07, 6.45) is 4.65. The topological polar surface area (TPSA) is 42.4 Å². The molecule has 2 atom stereocenters. The molecule has 1 fully saturated rings. The van der Waals surface area contributed by atoms with E-state index in [0.717, 1.165) is 16.6 Å². The first-order valence-electron chi connectivity index (χ1n) is 6.41. The molecule has 2 unspecified atom stereocenters. The number of hydrogen-bond acceptors (Lipinski definition) is 3. The molecule has 100 valence electrons. The highest BCUT2D eigenvalue weighted by molar-refractivity contribution is 9.10. The Labute approximate surface area is 117 Å². The molecule has 0 radical (unpaired) electrons. The van der Waals surface area contributed by atoms with Crippen LogP contribution in [0.25, 0.3) is 0 Å². The highest BCUT2D eigenvalue weighted by atomic mass is 79.9. The van der Waals surface area contributed by atoms with Crippen LogP contribution >= 0.6 is 15.9 Å². The Bertz CT molecular complexity index is 409. The maximum atomic E-state index is 10.7. The Hall–Kier alpha value is -0.450. The largest absolute Gasteiger partial charge is 0.389 e. The van der Waals surface area contributed by atoms with Crippen molar-refractivity contribution in [2.75, 3.05) is 6.61 Å². The Morgan fingerprint density at radius 1 is 1.50 bits per heavy atom. The van der Waals surface area contributed by atoms with Crippen LogP contribution in [0.4, 0.5) is 0 Å². The zero-order valence-corrected chi connectivity index (χ0v) is 12.5. The Kier molecular flexibility index (Phi) is 4.09. The van der Waals surface area contributed by atoms with Crippen molar-refractivity contribution in [1.82, 2.24) is 4.98 Å². The standard InChI is InChI=1S/C14H20BrNO2/c1-3-13(2)10-14(17,6-7-18-13)8-12-5-4-11(15)9-16-12/h4-5,9,17H,3,6-8,10H2,1-2H3. The number of hydrogen-bond donors (Lipinski definition) is 1. The van der Waals surface area contributed by atoms with E-state index >= 15 is 0 Å². The normalized spacial score (nSPS) is 32.4. The minimum absolute atomic E-state index is 0.206. The van der Waals surface area contributed by atoms with Gasteiger partial charge < -0.3 is 9.84 Å². The van der Waals surface area contributed by atoms with Crippen LogP contribution in [0.3, 0.4) is 0 Å². The number of pyridine rings is 1. The zero-order chi connectivity index (χ0) is 13.2. The first-order valence-corrected chi connectivity index (χ1v) is 7.21. The molecule has 3 nitrogen and oxygen atoms in total. The van der Waals surface area contributed by atoms with E-state index in [9.17, 15) is 5.11 Å². The van der Waals surface area contributed by atoms with Crippen LogP contribution in [0.1, 0.15) is 38.8 Å². The predicted molar refractivity (Wildman–Crippen MR) is 74.5 cm³/mol. The lowest BCUT2D eigenvalue weighted by Crippen LogP contribution is -2.48. The molecule has 1 saturated heterocycles. The van der Waals surface area contributed by atoms with Crippen molar-refractivity contribution < 1.29 is 9.84 Å². The number of rotatable bonds is 3. The molecule has 1 aromatic heterocycles. The zero-order valence-electron chi connectivity index (χ0n) is 10.9. The summed E-state index contributed by atoms with van der Waals surface area (Å²) in [7, 11) is 0. The van der Waals surface area contributed by atoms with E-state index in [2.05, 4.69) is 34.8 Å². The molecule has 1 aliphatic rings. The minimum Gasteiger partial charge on any atom is -0.389 e. The summed E-state index contributed by atoms with van der Waals surface area (Å²) in [6.45, 7) is 4.80. The van der Waals surface area contributed by atoms with Gasteiger partial charge in [-0.1, -0.05) is 6.92 Å². The van der Waals surface area contributed by atoms with Crippen molar-refractivity contribution in [3.63, 3.8) is 0 Å². The maximum Gasteiger partial charge on any atom is 0.0752 e. The van der Waals surface area contributed by atoms with Gasteiger partial charge in [-0.25, -0.2) is 0 Å². The number of aromatic nitrogens is 1. The number of nitrogens with zero attached hydrogens (tertiary/aromatic N) is 1. The van der Waals surface area contributed by atoms with Gasteiger partial charge in [0.05, 0.1) is 17.8 Å². The van der Waals surface area contributed by atoms with Gasteiger partial charge in [0.15, 0.2) is 0 Å². The molecule has 0 bridgehead atoms. The molecular weight excluding hydrogens is 294 g/mol. The quantitative estimate of drug-likeness (QED) is 0.932. The number of aliphatic hydroxyl groups is 1. The summed E-state index contributed by atoms with van der Waals surface area (Å²) < 4.78 is 6.74. The molecule has 18 heavy (non-hydrogen) atoms. The summed E-state index contributed by atoms with van der Waals surface area (Å²) in [4.78, 5) is 4.34. The van der Waals surface area contributed by atoms with Crippen LogP contribution in [-0.2, 0) is 11.2 Å². The highest BCUT2D eigenvalue weighted by Crippen LogP contribution is 2.36. The Balaban J connectivity index is 2.09. The molecule has 1 aliphatic heterocycles. The fourth-order valence-corrected chi connectivity index (χ4v) is 2.78. The second-order valence-electron chi connectivity index (χ2n) is 5.45. The van der Waals surface area contributed by atoms with Crippen molar-refractivity contribution in [2.24, 2.45) is 0 Å². The van der Waals surface area contributed by atoms with Crippen LogP contribution in [0.15, 0.2) is 22.8 Å². The smallest absolute Gasteiger partial charge is 0.0752 e. The fourth-order valence-electron chi connectivity index (χ4n) is 2.55.